The predicted octanol–water partition coefficient (Wildman–Crippen LogP) is 2.10. The van der Waals surface area contributed by atoms with Gasteiger partial charge in [0.15, 0.2) is 5.78 Å². The first-order valence-electron chi connectivity index (χ1n) is 4.59. The number of carbonyl (C=O) groups is 2. The van der Waals surface area contributed by atoms with E-state index in [1.54, 1.807) is 0 Å². The molecule has 5 heteroatoms. The van der Waals surface area contributed by atoms with E-state index in [9.17, 15) is 18.4 Å². The molecule has 0 atom stereocenters. The molecule has 1 rings (SSSR count). The minimum absolute atomic E-state index is 0.119. The van der Waals surface area contributed by atoms with Crippen LogP contribution in [0, 0.1) is 11.6 Å². The van der Waals surface area contributed by atoms with Crippen LogP contribution in [-0.4, -0.2) is 18.9 Å². The average Bonchev–Trinajstić information content (AvgIpc) is 2.25. The van der Waals surface area contributed by atoms with Gasteiger partial charge < -0.3 is 4.74 Å². The monoisotopic (exact) mass is 228 g/mol. The molecule has 16 heavy (non-hydrogen) atoms. The van der Waals surface area contributed by atoms with Crippen molar-refractivity contribution >= 4 is 11.8 Å². The first kappa shape index (κ1) is 12.3. The lowest BCUT2D eigenvalue weighted by Crippen LogP contribution is -2.07. The molecule has 86 valence electrons. The van der Waals surface area contributed by atoms with Gasteiger partial charge in [-0.25, -0.2) is 8.78 Å². The van der Waals surface area contributed by atoms with Gasteiger partial charge in [0.05, 0.1) is 19.1 Å². The maximum atomic E-state index is 13.1. The molecule has 0 aliphatic carbocycles. The van der Waals surface area contributed by atoms with E-state index in [-0.39, 0.29) is 18.4 Å². The number of Topliss-reactive ketones (excluding diaryl/α,β-unsaturated/α-hetero) is 1. The molecule has 0 amide bonds. The third-order valence-electron chi connectivity index (χ3n) is 2.02. The van der Waals surface area contributed by atoms with Gasteiger partial charge in [0.1, 0.15) is 11.6 Å². The van der Waals surface area contributed by atoms with E-state index < -0.39 is 23.4 Å². The fraction of sp³-hybridized carbons (Fsp3) is 0.273. The zero-order valence-corrected chi connectivity index (χ0v) is 8.63. The SMILES string of the molecule is COC(=O)CCC(=O)c1ccc(F)cc1F. The number of rotatable bonds is 4. The van der Waals surface area contributed by atoms with Crippen LogP contribution in [0.15, 0.2) is 18.2 Å². The summed E-state index contributed by atoms with van der Waals surface area (Å²) in [6.45, 7) is 0. The second-order valence-electron chi connectivity index (χ2n) is 3.12. The second-order valence-corrected chi connectivity index (χ2v) is 3.12. The van der Waals surface area contributed by atoms with Crippen molar-refractivity contribution in [1.82, 2.24) is 0 Å². The molecule has 0 saturated carbocycles. The van der Waals surface area contributed by atoms with E-state index in [4.69, 9.17) is 0 Å². The number of hydrogen-bond acceptors (Lipinski definition) is 3. The van der Waals surface area contributed by atoms with Crippen LogP contribution in [0.25, 0.3) is 0 Å². The van der Waals surface area contributed by atoms with Gasteiger partial charge in [0.25, 0.3) is 0 Å². The van der Waals surface area contributed by atoms with Gasteiger partial charge in [0.2, 0.25) is 0 Å². The third-order valence-corrected chi connectivity index (χ3v) is 2.02. The minimum atomic E-state index is -0.921. The van der Waals surface area contributed by atoms with Crippen molar-refractivity contribution in [2.24, 2.45) is 0 Å². The first-order valence-corrected chi connectivity index (χ1v) is 4.59. The molecular formula is C11H10F2O3. The fourth-order valence-corrected chi connectivity index (χ4v) is 1.17. The summed E-state index contributed by atoms with van der Waals surface area (Å²) >= 11 is 0. The van der Waals surface area contributed by atoms with Gasteiger partial charge in [0, 0.05) is 12.5 Å². The zero-order valence-electron chi connectivity index (χ0n) is 8.63. The Hall–Kier alpha value is -1.78. The van der Waals surface area contributed by atoms with Crippen molar-refractivity contribution in [3.63, 3.8) is 0 Å². The maximum Gasteiger partial charge on any atom is 0.305 e. The van der Waals surface area contributed by atoms with E-state index in [1.165, 1.54) is 7.11 Å². The van der Waals surface area contributed by atoms with Crippen molar-refractivity contribution in [2.45, 2.75) is 12.8 Å². The van der Waals surface area contributed by atoms with Crippen molar-refractivity contribution in [3.05, 3.63) is 35.4 Å². The van der Waals surface area contributed by atoms with Gasteiger partial charge >= 0.3 is 5.97 Å². The number of carbonyl (C=O) groups excluding carboxylic acids is 2. The van der Waals surface area contributed by atoms with Crippen LogP contribution in [0.1, 0.15) is 23.2 Å². The van der Waals surface area contributed by atoms with E-state index in [0.717, 1.165) is 12.1 Å². The molecule has 0 spiro atoms. The summed E-state index contributed by atoms with van der Waals surface area (Å²) < 4.78 is 30.0. The Morgan fingerprint density at radius 3 is 2.50 bits per heavy atom. The van der Waals surface area contributed by atoms with Crippen LogP contribution in [0.5, 0.6) is 0 Å². The summed E-state index contributed by atoms with van der Waals surface area (Å²) in [5.41, 5.74) is -0.217. The molecule has 0 heterocycles. The van der Waals surface area contributed by atoms with Crippen molar-refractivity contribution in [1.29, 1.82) is 0 Å². The van der Waals surface area contributed by atoms with Crippen LogP contribution in [-0.2, 0) is 9.53 Å². The summed E-state index contributed by atoms with van der Waals surface area (Å²) in [6.07, 6.45) is -0.276. The van der Waals surface area contributed by atoms with Crippen LogP contribution in [0.3, 0.4) is 0 Å². The third kappa shape index (κ3) is 3.12. The maximum absolute atomic E-state index is 13.1. The van der Waals surface area contributed by atoms with Gasteiger partial charge in [-0.1, -0.05) is 0 Å². The Bertz CT molecular complexity index is 416. The summed E-state index contributed by atoms with van der Waals surface area (Å²) in [5.74, 6) is -2.77. The number of benzene rings is 1. The lowest BCUT2D eigenvalue weighted by molar-refractivity contribution is -0.140. The standard InChI is InChI=1S/C11H10F2O3/c1-16-11(15)5-4-10(14)8-3-2-7(12)6-9(8)13/h2-3,6H,4-5H2,1H3. The minimum Gasteiger partial charge on any atom is -0.469 e. The van der Waals surface area contributed by atoms with Crippen molar-refractivity contribution in [2.75, 3.05) is 7.11 Å². The molecule has 0 aromatic heterocycles. The number of esters is 1. The predicted molar refractivity (Wildman–Crippen MR) is 51.9 cm³/mol. The molecule has 0 saturated heterocycles. The van der Waals surface area contributed by atoms with E-state index in [1.807, 2.05) is 0 Å². The fourth-order valence-electron chi connectivity index (χ4n) is 1.17. The summed E-state index contributed by atoms with van der Waals surface area (Å²) in [5, 5.41) is 0. The van der Waals surface area contributed by atoms with Crippen molar-refractivity contribution in [3.8, 4) is 0 Å². The van der Waals surface area contributed by atoms with E-state index in [2.05, 4.69) is 4.74 Å². The Balaban J connectivity index is 2.70. The van der Waals surface area contributed by atoms with Crippen LogP contribution in [0.2, 0.25) is 0 Å². The van der Waals surface area contributed by atoms with Crippen molar-refractivity contribution < 1.29 is 23.1 Å². The Labute approximate surface area is 91.0 Å². The number of hydrogen-bond donors (Lipinski definition) is 0. The highest BCUT2D eigenvalue weighted by molar-refractivity contribution is 5.97. The zero-order chi connectivity index (χ0) is 12.1. The highest BCUT2D eigenvalue weighted by Crippen LogP contribution is 2.12. The molecular weight excluding hydrogens is 218 g/mol. The smallest absolute Gasteiger partial charge is 0.305 e. The summed E-state index contributed by atoms with van der Waals surface area (Å²) in [7, 11) is 1.20. The number of ether oxygens (including phenoxy) is 1. The van der Waals surface area contributed by atoms with Crippen LogP contribution < -0.4 is 0 Å². The highest BCUT2D eigenvalue weighted by Gasteiger charge is 2.14. The summed E-state index contributed by atoms with van der Waals surface area (Å²) in [4.78, 5) is 22.2. The molecule has 1 aromatic carbocycles. The molecule has 0 bridgehead atoms. The Morgan fingerprint density at radius 1 is 1.25 bits per heavy atom. The van der Waals surface area contributed by atoms with E-state index in [0.29, 0.717) is 6.07 Å². The molecule has 1 aromatic rings. The summed E-state index contributed by atoms with van der Waals surface area (Å²) in [6, 6.07) is 2.68. The molecule has 0 radical (unpaired) electrons. The first-order chi connectivity index (χ1) is 7.54. The van der Waals surface area contributed by atoms with Gasteiger partial charge in [-0.3, -0.25) is 9.59 Å². The molecule has 0 unspecified atom stereocenters. The molecule has 3 nitrogen and oxygen atoms in total. The lowest BCUT2D eigenvalue weighted by Gasteiger charge is -2.02. The molecule has 0 fully saturated rings. The second kappa shape index (κ2) is 5.34. The molecule has 0 aliphatic rings. The topological polar surface area (TPSA) is 43.4 Å². The molecule has 0 aliphatic heterocycles. The van der Waals surface area contributed by atoms with Crippen LogP contribution in [0.4, 0.5) is 8.78 Å². The Kier molecular flexibility index (Phi) is 4.10. The molecule has 0 N–H and O–H groups in total. The van der Waals surface area contributed by atoms with Gasteiger partial charge in [-0.05, 0) is 12.1 Å². The van der Waals surface area contributed by atoms with E-state index >= 15 is 0 Å². The van der Waals surface area contributed by atoms with Gasteiger partial charge in [-0.15, -0.1) is 0 Å². The number of halogens is 2. The average molecular weight is 228 g/mol. The normalized spacial score (nSPS) is 9.94. The largest absolute Gasteiger partial charge is 0.469 e. The Morgan fingerprint density at radius 2 is 1.94 bits per heavy atom. The number of ketones is 1. The number of methoxy groups -OCH3 is 1. The van der Waals surface area contributed by atoms with Crippen LogP contribution >= 0.6 is 0 Å². The quantitative estimate of drug-likeness (QED) is 0.585. The lowest BCUT2D eigenvalue weighted by atomic mass is 10.1. The van der Waals surface area contributed by atoms with Gasteiger partial charge in [-0.2, -0.15) is 0 Å². The highest BCUT2D eigenvalue weighted by atomic mass is 19.1.